The first-order chi connectivity index (χ1) is 16.1. The lowest BCUT2D eigenvalue weighted by molar-refractivity contribution is -0.140. The minimum atomic E-state index is -0.813. The molecule has 7 heteroatoms. The number of carbonyl (C=O) groups excluding carboxylic acids is 2. The van der Waals surface area contributed by atoms with Gasteiger partial charge in [-0.2, -0.15) is 0 Å². The maximum absolute atomic E-state index is 13.1. The lowest BCUT2D eigenvalue weighted by Crippen LogP contribution is -2.31. The van der Waals surface area contributed by atoms with Crippen molar-refractivity contribution >= 4 is 28.4 Å². The van der Waals surface area contributed by atoms with E-state index in [-0.39, 0.29) is 17.9 Å². The number of amides is 1. The van der Waals surface area contributed by atoms with E-state index in [9.17, 15) is 14.7 Å². The minimum Gasteiger partial charge on any atom is -0.507 e. The highest BCUT2D eigenvalue weighted by Crippen LogP contribution is 2.40. The second kappa shape index (κ2) is 8.35. The van der Waals surface area contributed by atoms with Crippen LogP contribution in [-0.2, 0) is 16.0 Å². The Labute approximate surface area is 189 Å². The number of fused-ring (bicyclic) bond motifs is 1. The van der Waals surface area contributed by atoms with E-state index < -0.39 is 17.7 Å². The van der Waals surface area contributed by atoms with Crippen LogP contribution in [0.5, 0.6) is 5.75 Å². The van der Waals surface area contributed by atoms with Crippen molar-refractivity contribution in [3.8, 4) is 5.75 Å². The number of para-hydroxylation sites is 1. The van der Waals surface area contributed by atoms with E-state index in [1.165, 1.54) is 11.2 Å². The van der Waals surface area contributed by atoms with Gasteiger partial charge < -0.3 is 24.1 Å². The van der Waals surface area contributed by atoms with E-state index in [0.717, 1.165) is 16.5 Å². The topological polar surface area (TPSA) is 95.8 Å². The summed E-state index contributed by atoms with van der Waals surface area (Å²) in [4.78, 5) is 30.8. The first-order valence-electron chi connectivity index (χ1n) is 10.6. The third-order valence-corrected chi connectivity index (χ3v) is 6.01. The summed E-state index contributed by atoms with van der Waals surface area (Å²) in [5.41, 5.74) is 2.48. The van der Waals surface area contributed by atoms with Crippen molar-refractivity contribution in [3.63, 3.8) is 0 Å². The second-order valence-corrected chi connectivity index (χ2v) is 7.85. The lowest BCUT2D eigenvalue weighted by Gasteiger charge is -2.23. The van der Waals surface area contributed by atoms with Gasteiger partial charge in [0, 0.05) is 29.2 Å². The number of likely N-dealkylation sites (tertiary alicyclic amines) is 1. The van der Waals surface area contributed by atoms with Crippen LogP contribution in [-0.4, -0.2) is 40.3 Å². The number of ketones is 1. The molecule has 1 amide bonds. The fourth-order valence-electron chi connectivity index (χ4n) is 4.34. The number of hydrogen-bond acceptors (Lipinski definition) is 5. The Morgan fingerprint density at radius 2 is 1.88 bits per heavy atom. The fourth-order valence-corrected chi connectivity index (χ4v) is 4.34. The number of carbonyl (C=O) groups is 2. The first-order valence-corrected chi connectivity index (χ1v) is 10.6. The van der Waals surface area contributed by atoms with Crippen molar-refractivity contribution in [2.24, 2.45) is 0 Å². The summed E-state index contributed by atoms with van der Waals surface area (Å²) in [7, 11) is 1.55. The van der Waals surface area contributed by atoms with E-state index in [2.05, 4.69) is 4.98 Å². The molecular weight excluding hydrogens is 420 g/mol. The number of nitrogens with one attached hydrogen (secondary N) is 1. The normalized spacial score (nSPS) is 17.7. The molecule has 2 aromatic carbocycles. The van der Waals surface area contributed by atoms with Gasteiger partial charge in [0.1, 0.15) is 23.3 Å². The van der Waals surface area contributed by atoms with Crippen LogP contribution >= 0.6 is 0 Å². The molecule has 7 nitrogen and oxygen atoms in total. The van der Waals surface area contributed by atoms with Crippen molar-refractivity contribution in [2.45, 2.75) is 12.5 Å². The quantitative estimate of drug-likeness (QED) is 0.262. The van der Waals surface area contributed by atoms with E-state index in [4.69, 9.17) is 9.15 Å². The molecule has 5 rings (SSSR count). The summed E-state index contributed by atoms with van der Waals surface area (Å²) < 4.78 is 10.7. The van der Waals surface area contributed by atoms with Gasteiger partial charge >= 0.3 is 0 Å². The molecule has 1 saturated heterocycles. The van der Waals surface area contributed by atoms with Crippen LogP contribution in [0.2, 0.25) is 0 Å². The van der Waals surface area contributed by atoms with Crippen LogP contribution in [0.4, 0.5) is 0 Å². The number of hydrogen-bond donors (Lipinski definition) is 2. The third kappa shape index (κ3) is 3.57. The molecule has 33 heavy (non-hydrogen) atoms. The monoisotopic (exact) mass is 442 g/mol. The van der Waals surface area contributed by atoms with Crippen molar-refractivity contribution in [3.05, 3.63) is 95.6 Å². The highest BCUT2D eigenvalue weighted by atomic mass is 16.5. The fraction of sp³-hybridized carbons (Fsp3) is 0.154. The van der Waals surface area contributed by atoms with Crippen LogP contribution in [0.25, 0.3) is 16.7 Å². The Bertz CT molecular complexity index is 1350. The molecule has 1 unspecified atom stereocenters. The molecule has 2 N–H and O–H groups in total. The number of furan rings is 1. The Morgan fingerprint density at radius 3 is 2.61 bits per heavy atom. The third-order valence-electron chi connectivity index (χ3n) is 6.01. The molecule has 0 spiro atoms. The number of ether oxygens (including phenoxy) is 1. The number of rotatable bonds is 6. The van der Waals surface area contributed by atoms with Crippen molar-refractivity contribution in [2.75, 3.05) is 13.7 Å². The summed E-state index contributed by atoms with van der Waals surface area (Å²) in [6, 6.07) is 17.2. The SMILES string of the molecule is COc1ccc(/C(O)=C2\C(=O)C(=O)N(CCc3c[nH]c4ccccc34)C2c2ccco2)cc1. The summed E-state index contributed by atoms with van der Waals surface area (Å²) >= 11 is 0. The molecule has 0 aliphatic carbocycles. The van der Waals surface area contributed by atoms with Gasteiger partial charge in [0.25, 0.3) is 11.7 Å². The molecule has 4 aromatic rings. The molecule has 1 aliphatic heterocycles. The molecule has 166 valence electrons. The lowest BCUT2D eigenvalue weighted by atomic mass is 9.99. The van der Waals surface area contributed by atoms with Gasteiger partial charge in [-0.05, 0) is 54.4 Å². The van der Waals surface area contributed by atoms with Crippen molar-refractivity contribution in [1.29, 1.82) is 0 Å². The Balaban J connectivity index is 1.52. The number of H-pyrrole nitrogens is 1. The second-order valence-electron chi connectivity index (χ2n) is 7.85. The van der Waals surface area contributed by atoms with E-state index in [0.29, 0.717) is 23.5 Å². The van der Waals surface area contributed by atoms with Crippen LogP contribution in [0, 0.1) is 0 Å². The summed E-state index contributed by atoms with van der Waals surface area (Å²) in [5.74, 6) is -0.599. The maximum atomic E-state index is 13.1. The van der Waals surface area contributed by atoms with E-state index >= 15 is 0 Å². The molecule has 0 saturated carbocycles. The van der Waals surface area contributed by atoms with Crippen molar-refractivity contribution < 1.29 is 23.8 Å². The number of aromatic amines is 1. The zero-order valence-electron chi connectivity index (χ0n) is 17.9. The van der Waals surface area contributed by atoms with Crippen LogP contribution in [0.3, 0.4) is 0 Å². The standard InChI is InChI=1S/C26H22N2O5/c1-32-18-10-8-16(9-11-18)24(29)22-23(21-7-4-14-33-21)28(26(31)25(22)30)13-12-17-15-27-20-6-3-2-5-19(17)20/h2-11,14-15,23,27,29H,12-13H2,1H3/b24-22+. The van der Waals surface area contributed by atoms with Gasteiger partial charge in [0.05, 0.1) is 18.9 Å². The molecule has 1 fully saturated rings. The molecule has 1 atom stereocenters. The highest BCUT2D eigenvalue weighted by molar-refractivity contribution is 6.46. The number of aliphatic hydroxyl groups is 1. The van der Waals surface area contributed by atoms with E-state index in [1.54, 1.807) is 43.5 Å². The predicted octanol–water partition coefficient (Wildman–Crippen LogP) is 4.43. The van der Waals surface area contributed by atoms with Crippen molar-refractivity contribution in [1.82, 2.24) is 9.88 Å². The average Bonchev–Trinajstić information content (AvgIpc) is 3.57. The van der Waals surface area contributed by atoms with Gasteiger partial charge in [-0.3, -0.25) is 9.59 Å². The predicted molar refractivity (Wildman–Crippen MR) is 123 cm³/mol. The Kier molecular flexibility index (Phi) is 5.22. The average molecular weight is 442 g/mol. The Morgan fingerprint density at radius 1 is 1.09 bits per heavy atom. The van der Waals surface area contributed by atoms with Gasteiger partial charge in [-0.15, -0.1) is 0 Å². The smallest absolute Gasteiger partial charge is 0.295 e. The number of benzene rings is 2. The van der Waals surface area contributed by atoms with Crippen LogP contribution in [0.1, 0.15) is 22.9 Å². The molecule has 0 radical (unpaired) electrons. The number of Topliss-reactive ketones (excluding diaryl/α,β-unsaturated/α-hetero) is 1. The van der Waals surface area contributed by atoms with E-state index in [1.807, 2.05) is 30.5 Å². The number of methoxy groups -OCH3 is 1. The summed E-state index contributed by atoms with van der Waals surface area (Å²) in [6.07, 6.45) is 3.94. The zero-order valence-corrected chi connectivity index (χ0v) is 17.9. The first kappa shape index (κ1) is 20.6. The van der Waals surface area contributed by atoms with Gasteiger partial charge in [0.2, 0.25) is 0 Å². The van der Waals surface area contributed by atoms with Crippen LogP contribution < -0.4 is 4.74 Å². The number of aromatic nitrogens is 1. The molecule has 1 aliphatic rings. The van der Waals surface area contributed by atoms with Crippen LogP contribution in [0.15, 0.2) is 83.1 Å². The largest absolute Gasteiger partial charge is 0.507 e. The summed E-state index contributed by atoms with van der Waals surface area (Å²) in [5, 5.41) is 12.1. The number of nitrogens with zero attached hydrogens (tertiary/aromatic N) is 1. The highest BCUT2D eigenvalue weighted by Gasteiger charge is 2.47. The Hall–Kier alpha value is -4.26. The van der Waals surface area contributed by atoms with Gasteiger partial charge in [0.15, 0.2) is 0 Å². The summed E-state index contributed by atoms with van der Waals surface area (Å²) in [6.45, 7) is 0.289. The zero-order chi connectivity index (χ0) is 22.9. The van der Waals surface area contributed by atoms with Gasteiger partial charge in [-0.1, -0.05) is 18.2 Å². The molecule has 3 heterocycles. The maximum Gasteiger partial charge on any atom is 0.295 e. The van der Waals surface area contributed by atoms with Gasteiger partial charge in [-0.25, -0.2) is 0 Å². The number of aliphatic hydroxyl groups excluding tert-OH is 1. The minimum absolute atomic E-state index is 0.0130. The molecule has 2 aromatic heterocycles. The molecule has 0 bridgehead atoms. The molecular formula is C26H22N2O5.